The maximum Gasteiger partial charge on any atom is 0.236 e. The molecule has 0 aliphatic rings. The highest BCUT2D eigenvalue weighted by Gasteiger charge is 2.12. The molecule has 0 aromatic rings. The molecule has 1 unspecified atom stereocenters. The van der Waals surface area contributed by atoms with Gasteiger partial charge in [0.15, 0.2) is 0 Å². The van der Waals surface area contributed by atoms with Gasteiger partial charge in [0.2, 0.25) is 5.91 Å². The van der Waals surface area contributed by atoms with Crippen molar-refractivity contribution in [3.63, 3.8) is 0 Å². The van der Waals surface area contributed by atoms with Gasteiger partial charge in [0.25, 0.3) is 0 Å². The van der Waals surface area contributed by atoms with Crippen LogP contribution in [0.3, 0.4) is 0 Å². The second kappa shape index (κ2) is 7.80. The van der Waals surface area contributed by atoms with Crippen molar-refractivity contribution in [1.29, 1.82) is 0 Å². The van der Waals surface area contributed by atoms with Crippen LogP contribution in [0.5, 0.6) is 0 Å². The van der Waals surface area contributed by atoms with Crippen molar-refractivity contribution in [1.82, 2.24) is 10.6 Å². The van der Waals surface area contributed by atoms with Crippen LogP contribution >= 0.6 is 0 Å². The van der Waals surface area contributed by atoms with Gasteiger partial charge in [-0.15, -0.1) is 0 Å². The summed E-state index contributed by atoms with van der Waals surface area (Å²) >= 11 is 0. The van der Waals surface area contributed by atoms with E-state index < -0.39 is 0 Å². The molecule has 0 aliphatic carbocycles. The Labute approximate surface area is 87.6 Å². The lowest BCUT2D eigenvalue weighted by Crippen LogP contribution is -2.43. The normalized spacial score (nSPS) is 12.9. The van der Waals surface area contributed by atoms with Crippen LogP contribution in [-0.2, 0) is 4.79 Å². The summed E-state index contributed by atoms with van der Waals surface area (Å²) in [5.74, 6) is 0.783. The van der Waals surface area contributed by atoms with E-state index in [1.807, 2.05) is 13.8 Å². The van der Waals surface area contributed by atoms with E-state index in [9.17, 15) is 4.79 Å². The van der Waals surface area contributed by atoms with Gasteiger partial charge in [-0.05, 0) is 26.3 Å². The van der Waals surface area contributed by atoms with Gasteiger partial charge in [-0.25, -0.2) is 0 Å². The monoisotopic (exact) mass is 200 g/mol. The fourth-order valence-corrected chi connectivity index (χ4v) is 1.34. The average Bonchev–Trinajstić information content (AvgIpc) is 2.19. The molecule has 0 fully saturated rings. The lowest BCUT2D eigenvalue weighted by Gasteiger charge is -2.17. The zero-order valence-corrected chi connectivity index (χ0v) is 9.89. The first-order valence-electron chi connectivity index (χ1n) is 5.66. The van der Waals surface area contributed by atoms with E-state index in [4.69, 9.17) is 0 Å². The third kappa shape index (κ3) is 5.22. The minimum Gasteiger partial charge on any atom is -0.355 e. The van der Waals surface area contributed by atoms with Crippen molar-refractivity contribution in [2.24, 2.45) is 5.92 Å². The topological polar surface area (TPSA) is 41.1 Å². The minimum absolute atomic E-state index is 0.0736. The molecule has 2 N–H and O–H groups in total. The molecule has 0 aliphatic heterocycles. The number of carbonyl (C=O) groups excluding carboxylic acids is 1. The van der Waals surface area contributed by atoms with E-state index in [0.29, 0.717) is 12.5 Å². The molecule has 0 aromatic carbocycles. The molecule has 0 spiro atoms. The molecule has 3 heteroatoms. The van der Waals surface area contributed by atoms with Gasteiger partial charge in [0.05, 0.1) is 6.04 Å². The van der Waals surface area contributed by atoms with Crippen LogP contribution in [0.1, 0.15) is 40.5 Å². The Morgan fingerprint density at radius 1 is 1.21 bits per heavy atom. The van der Waals surface area contributed by atoms with E-state index in [1.54, 1.807) is 0 Å². The lowest BCUT2D eigenvalue weighted by atomic mass is 10.0. The Bertz CT molecular complexity index is 155. The van der Waals surface area contributed by atoms with Crippen LogP contribution in [0, 0.1) is 5.92 Å². The minimum atomic E-state index is -0.0736. The van der Waals surface area contributed by atoms with Gasteiger partial charge in [-0.3, -0.25) is 4.79 Å². The SMILES string of the molecule is CCNC(=O)C(C)NCC(CC)CC. The van der Waals surface area contributed by atoms with Gasteiger partial charge in [0, 0.05) is 6.54 Å². The van der Waals surface area contributed by atoms with Crippen molar-refractivity contribution in [2.45, 2.75) is 46.6 Å². The summed E-state index contributed by atoms with van der Waals surface area (Å²) in [6.45, 7) is 9.86. The molecule has 0 saturated carbocycles. The molecular formula is C11H24N2O. The number of hydrogen-bond acceptors (Lipinski definition) is 2. The standard InChI is InChI=1S/C11H24N2O/c1-5-10(6-2)8-13-9(4)11(14)12-7-3/h9-10,13H,5-8H2,1-4H3,(H,12,14). The number of nitrogens with one attached hydrogen (secondary N) is 2. The molecule has 0 heterocycles. The van der Waals surface area contributed by atoms with Crippen LogP contribution < -0.4 is 10.6 Å². The Hall–Kier alpha value is -0.570. The number of hydrogen-bond donors (Lipinski definition) is 2. The summed E-state index contributed by atoms with van der Waals surface area (Å²) in [6, 6.07) is -0.0736. The van der Waals surface area contributed by atoms with Crippen molar-refractivity contribution in [2.75, 3.05) is 13.1 Å². The quantitative estimate of drug-likeness (QED) is 0.654. The first-order chi connectivity index (χ1) is 6.65. The van der Waals surface area contributed by atoms with Gasteiger partial charge < -0.3 is 10.6 Å². The molecule has 14 heavy (non-hydrogen) atoms. The molecule has 0 rings (SSSR count). The largest absolute Gasteiger partial charge is 0.355 e. The Balaban J connectivity index is 3.71. The molecule has 0 bridgehead atoms. The van der Waals surface area contributed by atoms with Gasteiger partial charge in [-0.2, -0.15) is 0 Å². The van der Waals surface area contributed by atoms with Gasteiger partial charge in [-0.1, -0.05) is 26.7 Å². The summed E-state index contributed by atoms with van der Waals surface area (Å²) in [6.07, 6.45) is 2.34. The highest BCUT2D eigenvalue weighted by atomic mass is 16.2. The number of likely N-dealkylation sites (N-methyl/N-ethyl adjacent to an activating group) is 1. The van der Waals surface area contributed by atoms with Gasteiger partial charge in [0.1, 0.15) is 0 Å². The highest BCUT2D eigenvalue weighted by Crippen LogP contribution is 2.05. The Morgan fingerprint density at radius 3 is 2.21 bits per heavy atom. The third-order valence-corrected chi connectivity index (χ3v) is 2.61. The predicted molar refractivity (Wildman–Crippen MR) is 60.2 cm³/mol. The summed E-state index contributed by atoms with van der Waals surface area (Å²) < 4.78 is 0. The van der Waals surface area contributed by atoms with Crippen molar-refractivity contribution >= 4 is 5.91 Å². The molecule has 0 saturated heterocycles. The zero-order valence-electron chi connectivity index (χ0n) is 9.89. The maximum atomic E-state index is 11.4. The summed E-state index contributed by atoms with van der Waals surface area (Å²) in [5, 5.41) is 6.06. The second-order valence-electron chi connectivity index (χ2n) is 3.71. The Morgan fingerprint density at radius 2 is 1.79 bits per heavy atom. The van der Waals surface area contributed by atoms with Crippen molar-refractivity contribution in [3.05, 3.63) is 0 Å². The van der Waals surface area contributed by atoms with Crippen molar-refractivity contribution in [3.8, 4) is 0 Å². The molecule has 0 radical (unpaired) electrons. The van der Waals surface area contributed by atoms with Crippen LogP contribution in [0.25, 0.3) is 0 Å². The molecule has 1 atom stereocenters. The van der Waals surface area contributed by atoms with E-state index in [2.05, 4.69) is 24.5 Å². The zero-order chi connectivity index (χ0) is 11.0. The first-order valence-corrected chi connectivity index (χ1v) is 5.66. The van der Waals surface area contributed by atoms with E-state index in [0.717, 1.165) is 6.54 Å². The summed E-state index contributed by atoms with van der Waals surface area (Å²) in [7, 11) is 0. The fraction of sp³-hybridized carbons (Fsp3) is 0.909. The first kappa shape index (κ1) is 13.4. The number of amides is 1. The smallest absolute Gasteiger partial charge is 0.236 e. The summed E-state index contributed by atoms with van der Waals surface area (Å²) in [5.41, 5.74) is 0. The van der Waals surface area contributed by atoms with E-state index in [-0.39, 0.29) is 11.9 Å². The molecular weight excluding hydrogens is 176 g/mol. The third-order valence-electron chi connectivity index (χ3n) is 2.61. The number of carbonyl (C=O) groups is 1. The lowest BCUT2D eigenvalue weighted by molar-refractivity contribution is -0.122. The van der Waals surface area contributed by atoms with Crippen LogP contribution in [-0.4, -0.2) is 25.0 Å². The van der Waals surface area contributed by atoms with Crippen LogP contribution in [0.4, 0.5) is 0 Å². The number of rotatable bonds is 7. The van der Waals surface area contributed by atoms with Crippen LogP contribution in [0.2, 0.25) is 0 Å². The predicted octanol–water partition coefficient (Wildman–Crippen LogP) is 1.54. The van der Waals surface area contributed by atoms with Crippen LogP contribution in [0.15, 0.2) is 0 Å². The molecule has 0 aromatic heterocycles. The molecule has 84 valence electrons. The van der Waals surface area contributed by atoms with Crippen molar-refractivity contribution < 1.29 is 4.79 Å². The fourth-order valence-electron chi connectivity index (χ4n) is 1.34. The summed E-state index contributed by atoms with van der Waals surface area (Å²) in [4.78, 5) is 11.4. The van der Waals surface area contributed by atoms with E-state index >= 15 is 0 Å². The molecule has 3 nitrogen and oxygen atoms in total. The Kier molecular flexibility index (Phi) is 7.48. The van der Waals surface area contributed by atoms with E-state index in [1.165, 1.54) is 12.8 Å². The average molecular weight is 200 g/mol. The van der Waals surface area contributed by atoms with Gasteiger partial charge >= 0.3 is 0 Å². The molecule has 1 amide bonds. The maximum absolute atomic E-state index is 11.4. The second-order valence-corrected chi connectivity index (χ2v) is 3.71. The highest BCUT2D eigenvalue weighted by molar-refractivity contribution is 5.81.